The van der Waals surface area contributed by atoms with Crippen LogP contribution in [0.15, 0.2) is 36.4 Å². The summed E-state index contributed by atoms with van der Waals surface area (Å²) in [7, 11) is 0. The van der Waals surface area contributed by atoms with Gasteiger partial charge in [0.25, 0.3) is 0 Å². The number of halogens is 1. The fourth-order valence-electron chi connectivity index (χ4n) is 1.51. The van der Waals surface area contributed by atoms with E-state index in [-0.39, 0.29) is 0 Å². The second-order valence-corrected chi connectivity index (χ2v) is 4.97. The van der Waals surface area contributed by atoms with Gasteiger partial charge in [-0.2, -0.15) is 0 Å². The molecule has 0 bridgehead atoms. The predicted molar refractivity (Wildman–Crippen MR) is 73.4 cm³/mol. The molecule has 0 aliphatic rings. The molecule has 18 heavy (non-hydrogen) atoms. The van der Waals surface area contributed by atoms with Crippen LogP contribution in [0, 0.1) is 0 Å². The molecular formula is C12H8ClN3OS. The van der Waals surface area contributed by atoms with Crippen LogP contribution in [0.2, 0.25) is 5.02 Å². The van der Waals surface area contributed by atoms with Crippen LogP contribution in [0.25, 0.3) is 10.3 Å². The molecule has 2 N–H and O–H groups in total. The van der Waals surface area contributed by atoms with Crippen LogP contribution < -0.4 is 10.5 Å². The van der Waals surface area contributed by atoms with Gasteiger partial charge in [-0.1, -0.05) is 35.1 Å². The van der Waals surface area contributed by atoms with Crippen LogP contribution in [0.4, 0.5) is 5.13 Å². The summed E-state index contributed by atoms with van der Waals surface area (Å²) in [5.74, 6) is 1.04. The van der Waals surface area contributed by atoms with E-state index >= 15 is 0 Å². The summed E-state index contributed by atoms with van der Waals surface area (Å²) in [6.07, 6.45) is 0. The van der Waals surface area contributed by atoms with Gasteiger partial charge >= 0.3 is 0 Å². The number of hydrogen-bond acceptors (Lipinski definition) is 5. The molecule has 2 aromatic heterocycles. The minimum absolute atomic E-state index is 0.472. The lowest BCUT2D eigenvalue weighted by molar-refractivity contribution is 0.465. The van der Waals surface area contributed by atoms with Crippen molar-refractivity contribution in [2.24, 2.45) is 0 Å². The lowest BCUT2D eigenvalue weighted by Crippen LogP contribution is -1.88. The van der Waals surface area contributed by atoms with Crippen LogP contribution in [0.3, 0.4) is 0 Å². The Bertz CT molecular complexity index is 713. The van der Waals surface area contributed by atoms with Crippen LogP contribution in [-0.2, 0) is 0 Å². The van der Waals surface area contributed by atoms with E-state index < -0.39 is 0 Å². The molecule has 1 aromatic carbocycles. The van der Waals surface area contributed by atoms with Crippen molar-refractivity contribution in [3.8, 4) is 11.6 Å². The van der Waals surface area contributed by atoms with Gasteiger partial charge in [0, 0.05) is 6.07 Å². The average molecular weight is 278 g/mol. The maximum absolute atomic E-state index is 6.01. The summed E-state index contributed by atoms with van der Waals surface area (Å²) in [5.41, 5.74) is 6.39. The molecule has 6 heteroatoms. The zero-order valence-corrected chi connectivity index (χ0v) is 10.7. The third kappa shape index (κ3) is 2.10. The second-order valence-electron chi connectivity index (χ2n) is 3.56. The van der Waals surface area contributed by atoms with Crippen molar-refractivity contribution >= 4 is 38.4 Å². The normalized spacial score (nSPS) is 10.7. The maximum atomic E-state index is 6.01. The fourth-order valence-corrected chi connectivity index (χ4v) is 2.38. The molecule has 3 rings (SSSR count). The minimum atomic E-state index is 0.472. The van der Waals surface area contributed by atoms with Crippen molar-refractivity contribution < 1.29 is 4.74 Å². The molecule has 0 aliphatic heterocycles. The van der Waals surface area contributed by atoms with Crippen molar-refractivity contribution in [3.05, 3.63) is 41.4 Å². The van der Waals surface area contributed by atoms with Gasteiger partial charge in [-0.05, 0) is 18.2 Å². The first-order chi connectivity index (χ1) is 8.72. The van der Waals surface area contributed by atoms with E-state index in [1.54, 1.807) is 18.2 Å². The molecule has 4 nitrogen and oxygen atoms in total. The Morgan fingerprint density at radius 1 is 1.11 bits per heavy atom. The minimum Gasteiger partial charge on any atom is -0.437 e. The average Bonchev–Trinajstić information content (AvgIpc) is 2.71. The number of fused-ring (bicyclic) bond motifs is 1. The lowest BCUT2D eigenvalue weighted by atomic mass is 10.3. The number of rotatable bonds is 2. The fraction of sp³-hybridized carbons (Fsp3) is 0. The van der Waals surface area contributed by atoms with Gasteiger partial charge < -0.3 is 10.5 Å². The first kappa shape index (κ1) is 11.3. The number of hydrogen-bond donors (Lipinski definition) is 1. The van der Waals surface area contributed by atoms with E-state index in [9.17, 15) is 0 Å². The molecule has 0 spiro atoms. The SMILES string of the molecule is Nc1nc2ccc(Oc3ccccc3Cl)nc2s1. The summed E-state index contributed by atoms with van der Waals surface area (Å²) < 4.78 is 5.62. The van der Waals surface area contributed by atoms with Gasteiger partial charge in [0.1, 0.15) is 16.1 Å². The maximum Gasteiger partial charge on any atom is 0.220 e. The molecular weight excluding hydrogens is 270 g/mol. The number of pyridine rings is 1. The first-order valence-electron chi connectivity index (χ1n) is 5.18. The van der Waals surface area contributed by atoms with Crippen molar-refractivity contribution in [2.45, 2.75) is 0 Å². The lowest BCUT2D eigenvalue weighted by Gasteiger charge is -2.05. The van der Waals surface area contributed by atoms with Gasteiger partial charge in [-0.25, -0.2) is 9.97 Å². The third-order valence-corrected chi connectivity index (χ3v) is 3.40. The number of nitrogens with two attached hydrogens (primary N) is 1. The summed E-state index contributed by atoms with van der Waals surface area (Å²) in [6, 6.07) is 10.8. The van der Waals surface area contributed by atoms with E-state index in [1.165, 1.54) is 11.3 Å². The summed E-state index contributed by atoms with van der Waals surface area (Å²) >= 11 is 7.34. The Hall–Kier alpha value is -1.85. The van der Waals surface area contributed by atoms with Crippen molar-refractivity contribution in [2.75, 3.05) is 5.73 Å². The highest BCUT2D eigenvalue weighted by atomic mass is 35.5. The van der Waals surface area contributed by atoms with Crippen molar-refractivity contribution in [3.63, 3.8) is 0 Å². The zero-order valence-electron chi connectivity index (χ0n) is 9.13. The van der Waals surface area contributed by atoms with Gasteiger partial charge in [0.15, 0.2) is 5.13 Å². The molecule has 0 amide bonds. The Morgan fingerprint density at radius 3 is 2.78 bits per heavy atom. The number of ether oxygens (including phenoxy) is 1. The highest BCUT2D eigenvalue weighted by Crippen LogP contribution is 2.30. The third-order valence-electron chi connectivity index (χ3n) is 2.30. The number of thiazole rings is 1. The largest absolute Gasteiger partial charge is 0.437 e. The number of nitrogen functional groups attached to an aromatic ring is 1. The zero-order chi connectivity index (χ0) is 12.5. The number of aromatic nitrogens is 2. The van der Waals surface area contributed by atoms with E-state index in [0.29, 0.717) is 21.8 Å². The van der Waals surface area contributed by atoms with Crippen LogP contribution in [0.1, 0.15) is 0 Å². The number of para-hydroxylation sites is 1. The van der Waals surface area contributed by atoms with Crippen LogP contribution in [-0.4, -0.2) is 9.97 Å². The Labute approximate surface area is 112 Å². The van der Waals surface area contributed by atoms with Gasteiger partial charge in [-0.3, -0.25) is 0 Å². The van der Waals surface area contributed by atoms with Crippen molar-refractivity contribution in [1.82, 2.24) is 9.97 Å². The number of benzene rings is 1. The topological polar surface area (TPSA) is 61.0 Å². The van der Waals surface area contributed by atoms with Crippen molar-refractivity contribution in [1.29, 1.82) is 0 Å². The summed E-state index contributed by atoms with van der Waals surface area (Å²) in [5, 5.41) is 1.04. The van der Waals surface area contributed by atoms with E-state index in [4.69, 9.17) is 22.1 Å². The van der Waals surface area contributed by atoms with E-state index in [0.717, 1.165) is 10.3 Å². The van der Waals surface area contributed by atoms with E-state index in [2.05, 4.69) is 9.97 Å². The van der Waals surface area contributed by atoms with Crippen LogP contribution in [0.5, 0.6) is 11.6 Å². The van der Waals surface area contributed by atoms with Gasteiger partial charge in [-0.15, -0.1) is 0 Å². The molecule has 90 valence electrons. The number of nitrogens with zero attached hydrogens (tertiary/aromatic N) is 2. The predicted octanol–water partition coefficient (Wildman–Crippen LogP) is 3.72. The quantitative estimate of drug-likeness (QED) is 0.775. The Morgan fingerprint density at radius 2 is 1.94 bits per heavy atom. The molecule has 2 heterocycles. The molecule has 0 aliphatic carbocycles. The Balaban J connectivity index is 1.97. The van der Waals surface area contributed by atoms with Gasteiger partial charge in [0.2, 0.25) is 5.88 Å². The number of anilines is 1. The van der Waals surface area contributed by atoms with Crippen LogP contribution >= 0.6 is 22.9 Å². The molecule has 0 fully saturated rings. The van der Waals surface area contributed by atoms with E-state index in [1.807, 2.05) is 18.2 Å². The molecule has 0 saturated carbocycles. The highest BCUT2D eigenvalue weighted by molar-refractivity contribution is 7.21. The molecule has 3 aromatic rings. The Kier molecular flexibility index (Phi) is 2.77. The first-order valence-corrected chi connectivity index (χ1v) is 6.37. The standard InChI is InChI=1S/C12H8ClN3OS/c13-7-3-1-2-4-9(7)17-10-6-5-8-11(16-10)18-12(14)15-8/h1-6H,(H2,14,15). The smallest absolute Gasteiger partial charge is 0.220 e. The highest BCUT2D eigenvalue weighted by Gasteiger charge is 2.07. The monoisotopic (exact) mass is 277 g/mol. The molecule has 0 unspecified atom stereocenters. The second kappa shape index (κ2) is 4.44. The van der Waals surface area contributed by atoms with Gasteiger partial charge in [0.05, 0.1) is 5.02 Å². The molecule has 0 radical (unpaired) electrons. The molecule has 0 saturated heterocycles. The molecule has 0 atom stereocenters. The summed E-state index contributed by atoms with van der Waals surface area (Å²) in [4.78, 5) is 9.21. The summed E-state index contributed by atoms with van der Waals surface area (Å²) in [6.45, 7) is 0.